The van der Waals surface area contributed by atoms with Gasteiger partial charge in [0.2, 0.25) is 5.91 Å². The smallest absolute Gasteiger partial charge is 0.321 e. The van der Waals surface area contributed by atoms with Crippen LogP contribution in [0.3, 0.4) is 0 Å². The number of carbonyl (C=O) groups excluding carboxylic acids is 2. The fourth-order valence-electron chi connectivity index (χ4n) is 1.23. The average molecular weight is 252 g/mol. The first-order valence-corrected chi connectivity index (χ1v) is 5.17. The fourth-order valence-corrected chi connectivity index (χ4v) is 1.23. The summed E-state index contributed by atoms with van der Waals surface area (Å²) in [4.78, 5) is 23.6. The highest BCUT2D eigenvalue weighted by Gasteiger charge is 2.24. The first kappa shape index (κ1) is 15.7. The van der Waals surface area contributed by atoms with Crippen molar-refractivity contribution < 1.29 is 18.4 Å². The molecule has 1 atom stereocenters. The van der Waals surface area contributed by atoms with E-state index in [9.17, 15) is 18.4 Å². The van der Waals surface area contributed by atoms with Crippen LogP contribution in [-0.2, 0) is 4.79 Å². The van der Waals surface area contributed by atoms with Gasteiger partial charge in [-0.1, -0.05) is 0 Å². The highest BCUT2D eigenvalue weighted by Crippen LogP contribution is 2.03. The minimum Gasteiger partial charge on any atom is -0.341 e. The van der Waals surface area contributed by atoms with Crippen LogP contribution < -0.4 is 16.4 Å². The van der Waals surface area contributed by atoms with Gasteiger partial charge in [-0.05, 0) is 6.92 Å². The van der Waals surface area contributed by atoms with Crippen LogP contribution >= 0.6 is 0 Å². The van der Waals surface area contributed by atoms with Crippen molar-refractivity contribution in [3.8, 4) is 0 Å². The van der Waals surface area contributed by atoms with Crippen molar-refractivity contribution in [2.75, 3.05) is 26.7 Å². The summed E-state index contributed by atoms with van der Waals surface area (Å²) in [6.07, 6.45) is -2.56. The molecule has 0 fully saturated rings. The molecule has 0 aromatic heterocycles. The number of imide groups is 1. The number of nitrogens with two attached hydrogens (primary N) is 1. The van der Waals surface area contributed by atoms with Crippen molar-refractivity contribution >= 4 is 11.9 Å². The average Bonchev–Trinajstić information content (AvgIpc) is 2.26. The minimum atomic E-state index is -2.56. The van der Waals surface area contributed by atoms with Crippen LogP contribution in [0.1, 0.15) is 6.92 Å². The maximum Gasteiger partial charge on any atom is 0.321 e. The van der Waals surface area contributed by atoms with Gasteiger partial charge in [0.1, 0.15) is 0 Å². The molecular formula is C9H18F2N4O2. The van der Waals surface area contributed by atoms with Crippen LogP contribution in [0.15, 0.2) is 0 Å². The van der Waals surface area contributed by atoms with Gasteiger partial charge in [-0.15, -0.1) is 0 Å². The Labute approximate surface area is 98.5 Å². The van der Waals surface area contributed by atoms with Crippen LogP contribution in [0.25, 0.3) is 0 Å². The summed E-state index contributed by atoms with van der Waals surface area (Å²) >= 11 is 0. The van der Waals surface area contributed by atoms with Gasteiger partial charge in [0.25, 0.3) is 6.43 Å². The van der Waals surface area contributed by atoms with Crippen molar-refractivity contribution in [1.82, 2.24) is 15.5 Å². The zero-order valence-electron chi connectivity index (χ0n) is 9.87. The SMILES string of the molecule is CNC(=O)NC(=O)C(C)N(CCN)CC(F)F. The Bertz CT molecular complexity index is 263. The molecule has 0 saturated heterocycles. The summed E-state index contributed by atoms with van der Waals surface area (Å²) in [5.74, 6) is -0.640. The third kappa shape index (κ3) is 6.12. The van der Waals surface area contributed by atoms with E-state index in [1.165, 1.54) is 18.9 Å². The standard InChI is InChI=1S/C9H18F2N4O2/c1-6(8(16)14-9(17)13-2)15(4-3-12)5-7(10)11/h6-7H,3-5,12H2,1-2H3,(H2,13,14,16,17). The topological polar surface area (TPSA) is 87.5 Å². The molecule has 0 heterocycles. The van der Waals surface area contributed by atoms with E-state index >= 15 is 0 Å². The van der Waals surface area contributed by atoms with Gasteiger partial charge < -0.3 is 11.1 Å². The molecule has 0 bridgehead atoms. The van der Waals surface area contributed by atoms with E-state index in [4.69, 9.17) is 5.73 Å². The number of rotatable bonds is 6. The maximum atomic E-state index is 12.3. The molecule has 100 valence electrons. The van der Waals surface area contributed by atoms with Crippen molar-refractivity contribution in [1.29, 1.82) is 0 Å². The molecule has 0 aliphatic carbocycles. The maximum absolute atomic E-state index is 12.3. The molecule has 0 spiro atoms. The number of nitrogens with zero attached hydrogens (tertiary/aromatic N) is 1. The van der Waals surface area contributed by atoms with Crippen LogP contribution in [0.4, 0.5) is 13.6 Å². The molecule has 6 nitrogen and oxygen atoms in total. The summed E-state index contributed by atoms with van der Waals surface area (Å²) in [6.45, 7) is 1.20. The van der Waals surface area contributed by atoms with Gasteiger partial charge in [-0.2, -0.15) is 0 Å². The van der Waals surface area contributed by atoms with Crippen molar-refractivity contribution in [3.63, 3.8) is 0 Å². The molecule has 0 aliphatic rings. The van der Waals surface area contributed by atoms with Gasteiger partial charge in [-0.3, -0.25) is 15.0 Å². The van der Waals surface area contributed by atoms with E-state index in [2.05, 4.69) is 5.32 Å². The lowest BCUT2D eigenvalue weighted by molar-refractivity contribution is -0.125. The van der Waals surface area contributed by atoms with Crippen LogP contribution in [0.5, 0.6) is 0 Å². The zero-order valence-corrected chi connectivity index (χ0v) is 9.87. The zero-order chi connectivity index (χ0) is 13.4. The molecule has 3 amide bonds. The van der Waals surface area contributed by atoms with Crippen molar-refractivity contribution in [2.45, 2.75) is 19.4 Å². The van der Waals surface area contributed by atoms with Crippen LogP contribution in [-0.4, -0.2) is 56.0 Å². The first-order chi connectivity index (χ1) is 7.92. The lowest BCUT2D eigenvalue weighted by Crippen LogP contribution is -2.51. The Hall–Kier alpha value is -1.28. The van der Waals surface area contributed by atoms with Gasteiger partial charge in [-0.25, -0.2) is 13.6 Å². The van der Waals surface area contributed by atoms with Crippen molar-refractivity contribution in [2.24, 2.45) is 5.73 Å². The normalized spacial score (nSPS) is 12.6. The van der Waals surface area contributed by atoms with E-state index in [0.29, 0.717) is 0 Å². The third-order valence-corrected chi connectivity index (χ3v) is 2.18. The Morgan fingerprint density at radius 2 is 2.00 bits per heavy atom. The largest absolute Gasteiger partial charge is 0.341 e. The lowest BCUT2D eigenvalue weighted by atomic mass is 10.2. The molecule has 0 aromatic carbocycles. The quantitative estimate of drug-likeness (QED) is 0.586. The van der Waals surface area contributed by atoms with Gasteiger partial charge in [0, 0.05) is 20.1 Å². The van der Waals surface area contributed by atoms with Crippen molar-refractivity contribution in [3.05, 3.63) is 0 Å². The summed E-state index contributed by atoms with van der Waals surface area (Å²) in [7, 11) is 1.35. The second-order valence-corrected chi connectivity index (χ2v) is 3.42. The van der Waals surface area contributed by atoms with Gasteiger partial charge >= 0.3 is 6.03 Å². The fraction of sp³-hybridized carbons (Fsp3) is 0.778. The van der Waals surface area contributed by atoms with Gasteiger partial charge in [0.05, 0.1) is 12.6 Å². The lowest BCUT2D eigenvalue weighted by Gasteiger charge is -2.26. The summed E-state index contributed by atoms with van der Waals surface area (Å²) < 4.78 is 24.5. The van der Waals surface area contributed by atoms with E-state index in [1.54, 1.807) is 0 Å². The summed E-state index contributed by atoms with van der Waals surface area (Å²) in [5.41, 5.74) is 5.27. The monoisotopic (exact) mass is 252 g/mol. The van der Waals surface area contributed by atoms with E-state index < -0.39 is 31.0 Å². The number of urea groups is 1. The predicted molar refractivity (Wildman–Crippen MR) is 58.7 cm³/mol. The molecule has 17 heavy (non-hydrogen) atoms. The second-order valence-electron chi connectivity index (χ2n) is 3.42. The van der Waals surface area contributed by atoms with E-state index in [1.807, 2.05) is 5.32 Å². The molecule has 1 unspecified atom stereocenters. The number of hydrogen-bond donors (Lipinski definition) is 3. The Morgan fingerprint density at radius 3 is 2.41 bits per heavy atom. The molecule has 0 radical (unpaired) electrons. The Morgan fingerprint density at radius 1 is 1.41 bits per heavy atom. The second kappa shape index (κ2) is 7.91. The van der Waals surface area contributed by atoms with Crippen LogP contribution in [0.2, 0.25) is 0 Å². The molecule has 8 heteroatoms. The molecule has 4 N–H and O–H groups in total. The number of carbonyl (C=O) groups is 2. The molecule has 0 rings (SSSR count). The number of alkyl halides is 2. The van der Waals surface area contributed by atoms with E-state index in [0.717, 1.165) is 0 Å². The molecule has 0 aliphatic heterocycles. The Kier molecular flexibility index (Phi) is 7.31. The highest BCUT2D eigenvalue weighted by molar-refractivity contribution is 5.96. The number of amides is 3. The third-order valence-electron chi connectivity index (χ3n) is 2.18. The number of hydrogen-bond acceptors (Lipinski definition) is 4. The Balaban J connectivity index is 4.42. The van der Waals surface area contributed by atoms with Crippen LogP contribution in [0, 0.1) is 0 Å². The first-order valence-electron chi connectivity index (χ1n) is 5.17. The molecular weight excluding hydrogens is 234 g/mol. The number of nitrogens with one attached hydrogen (secondary N) is 2. The summed E-state index contributed by atoms with van der Waals surface area (Å²) in [6, 6.07) is -1.52. The predicted octanol–water partition coefficient (Wildman–Crippen LogP) is -0.644. The van der Waals surface area contributed by atoms with Gasteiger partial charge in [0.15, 0.2) is 0 Å². The highest BCUT2D eigenvalue weighted by atomic mass is 19.3. The summed E-state index contributed by atoms with van der Waals surface area (Å²) in [5, 5.41) is 4.23. The van der Waals surface area contributed by atoms with E-state index in [-0.39, 0.29) is 13.1 Å². The number of halogens is 2. The minimum absolute atomic E-state index is 0.157. The molecule has 0 aromatic rings. The molecule has 0 saturated carbocycles.